The van der Waals surface area contributed by atoms with Crippen LogP contribution in [0.15, 0.2) is 47.4 Å². The lowest BCUT2D eigenvalue weighted by Gasteiger charge is -2.13. The second kappa shape index (κ2) is 4.38. The van der Waals surface area contributed by atoms with Crippen molar-refractivity contribution in [2.45, 2.75) is 6.92 Å². The molecule has 3 aromatic rings. The summed E-state index contributed by atoms with van der Waals surface area (Å²) in [4.78, 5) is 16.7. The predicted molar refractivity (Wildman–Crippen MR) is 80.9 cm³/mol. The number of rotatable bonds is 1. The van der Waals surface area contributed by atoms with Crippen LogP contribution in [0, 0.1) is 6.92 Å². The molecule has 0 atom stereocenters. The van der Waals surface area contributed by atoms with Gasteiger partial charge in [0.05, 0.1) is 11.4 Å². The number of anilines is 2. The van der Waals surface area contributed by atoms with E-state index in [1.54, 1.807) is 18.3 Å². The average molecular weight is 266 g/mol. The quantitative estimate of drug-likeness (QED) is 0.703. The van der Waals surface area contributed by atoms with Crippen molar-refractivity contribution in [1.82, 2.24) is 9.55 Å². The molecule has 0 saturated carbocycles. The van der Waals surface area contributed by atoms with Crippen molar-refractivity contribution in [3.63, 3.8) is 0 Å². The molecular formula is C15H14N4O. The van der Waals surface area contributed by atoms with Crippen LogP contribution in [0.4, 0.5) is 11.4 Å². The number of nitrogens with two attached hydrogens (primary N) is 2. The molecular weight excluding hydrogens is 252 g/mol. The lowest BCUT2D eigenvalue weighted by molar-refractivity contribution is 1.02. The molecule has 5 heteroatoms. The Morgan fingerprint density at radius 1 is 1.10 bits per heavy atom. The van der Waals surface area contributed by atoms with Crippen LogP contribution in [0.2, 0.25) is 0 Å². The first-order chi connectivity index (χ1) is 9.59. The van der Waals surface area contributed by atoms with Gasteiger partial charge in [0, 0.05) is 11.6 Å². The molecule has 100 valence electrons. The Bertz CT molecular complexity index is 867. The highest BCUT2D eigenvalue weighted by atomic mass is 16.1. The van der Waals surface area contributed by atoms with E-state index in [1.165, 1.54) is 4.57 Å². The van der Waals surface area contributed by atoms with Gasteiger partial charge in [-0.15, -0.1) is 0 Å². The number of nitrogen functional groups attached to an aromatic ring is 2. The van der Waals surface area contributed by atoms with Crippen LogP contribution in [0.1, 0.15) is 5.56 Å². The van der Waals surface area contributed by atoms with Gasteiger partial charge in [-0.25, -0.2) is 4.98 Å². The van der Waals surface area contributed by atoms with Gasteiger partial charge in [-0.1, -0.05) is 12.1 Å². The summed E-state index contributed by atoms with van der Waals surface area (Å²) in [7, 11) is 0. The van der Waals surface area contributed by atoms with Crippen LogP contribution < -0.4 is 17.0 Å². The van der Waals surface area contributed by atoms with Crippen LogP contribution in [-0.4, -0.2) is 9.55 Å². The third-order valence-corrected chi connectivity index (χ3v) is 3.27. The third-order valence-electron chi connectivity index (χ3n) is 3.27. The van der Waals surface area contributed by atoms with E-state index in [1.807, 2.05) is 31.2 Å². The Balaban J connectivity index is 2.50. The van der Waals surface area contributed by atoms with Gasteiger partial charge in [0.15, 0.2) is 0 Å². The molecule has 0 aliphatic rings. The average Bonchev–Trinajstić information content (AvgIpc) is 2.45. The van der Waals surface area contributed by atoms with E-state index in [2.05, 4.69) is 4.98 Å². The SMILES string of the molecule is Cc1cccc(-n2c(=O)c(N)c(N)c3cccnc32)c1. The lowest BCUT2D eigenvalue weighted by atomic mass is 10.2. The summed E-state index contributed by atoms with van der Waals surface area (Å²) in [6, 6.07) is 11.2. The van der Waals surface area contributed by atoms with E-state index < -0.39 is 0 Å². The van der Waals surface area contributed by atoms with Crippen molar-refractivity contribution >= 4 is 22.4 Å². The van der Waals surface area contributed by atoms with Crippen molar-refractivity contribution in [2.24, 2.45) is 0 Å². The van der Waals surface area contributed by atoms with E-state index in [4.69, 9.17) is 11.5 Å². The van der Waals surface area contributed by atoms with Crippen LogP contribution in [0.3, 0.4) is 0 Å². The first-order valence-electron chi connectivity index (χ1n) is 6.21. The second-order valence-corrected chi connectivity index (χ2v) is 4.68. The molecule has 0 unspecified atom stereocenters. The van der Waals surface area contributed by atoms with E-state index >= 15 is 0 Å². The minimum atomic E-state index is -0.348. The highest BCUT2D eigenvalue weighted by Crippen LogP contribution is 2.24. The maximum Gasteiger partial charge on any atom is 0.282 e. The molecule has 0 bridgehead atoms. The van der Waals surface area contributed by atoms with Gasteiger partial charge < -0.3 is 11.5 Å². The fourth-order valence-electron chi connectivity index (χ4n) is 2.27. The number of nitrogens with zero attached hydrogens (tertiary/aromatic N) is 2. The summed E-state index contributed by atoms with van der Waals surface area (Å²) in [5, 5.41) is 0.672. The maximum absolute atomic E-state index is 12.4. The molecule has 0 fully saturated rings. The van der Waals surface area contributed by atoms with Crippen LogP contribution in [-0.2, 0) is 0 Å². The highest BCUT2D eigenvalue weighted by Gasteiger charge is 2.14. The van der Waals surface area contributed by atoms with Crippen molar-refractivity contribution in [3.8, 4) is 5.69 Å². The van der Waals surface area contributed by atoms with Gasteiger partial charge in [-0.2, -0.15) is 0 Å². The number of aromatic nitrogens is 2. The Hall–Kier alpha value is -2.82. The molecule has 0 saturated heterocycles. The minimum absolute atomic E-state index is 0.0482. The zero-order valence-electron chi connectivity index (χ0n) is 11.0. The van der Waals surface area contributed by atoms with Gasteiger partial charge >= 0.3 is 0 Å². The molecule has 4 N–H and O–H groups in total. The number of hydrogen-bond donors (Lipinski definition) is 2. The standard InChI is InChI=1S/C15H14N4O/c1-9-4-2-5-10(8-9)19-14-11(6-3-7-18-14)12(16)13(17)15(19)20/h2-8H,16-17H2,1H3. The van der Waals surface area contributed by atoms with Crippen molar-refractivity contribution < 1.29 is 0 Å². The molecule has 0 aliphatic heterocycles. The molecule has 1 aromatic carbocycles. The van der Waals surface area contributed by atoms with Crippen molar-refractivity contribution in [1.29, 1.82) is 0 Å². The zero-order valence-corrected chi connectivity index (χ0v) is 11.0. The number of aryl methyl sites for hydroxylation is 1. The normalized spacial score (nSPS) is 10.8. The fraction of sp³-hybridized carbons (Fsp3) is 0.0667. The number of fused-ring (bicyclic) bond motifs is 1. The summed E-state index contributed by atoms with van der Waals surface area (Å²) >= 11 is 0. The molecule has 0 radical (unpaired) electrons. The highest BCUT2D eigenvalue weighted by molar-refractivity contribution is 5.94. The largest absolute Gasteiger partial charge is 0.396 e. The summed E-state index contributed by atoms with van der Waals surface area (Å²) in [6.45, 7) is 1.96. The van der Waals surface area contributed by atoms with Gasteiger partial charge in [-0.05, 0) is 36.8 Å². The summed E-state index contributed by atoms with van der Waals surface area (Å²) < 4.78 is 1.49. The van der Waals surface area contributed by atoms with Crippen molar-refractivity contribution in [3.05, 3.63) is 58.5 Å². The Labute approximate surface area is 115 Å². The molecule has 2 aromatic heterocycles. The lowest BCUT2D eigenvalue weighted by Crippen LogP contribution is -2.24. The first kappa shape index (κ1) is 12.2. The van der Waals surface area contributed by atoms with Gasteiger partial charge in [0.1, 0.15) is 11.3 Å². The molecule has 2 heterocycles. The number of pyridine rings is 2. The maximum atomic E-state index is 12.4. The fourth-order valence-corrected chi connectivity index (χ4v) is 2.27. The smallest absolute Gasteiger partial charge is 0.282 e. The van der Waals surface area contributed by atoms with Crippen LogP contribution in [0.5, 0.6) is 0 Å². The molecule has 3 rings (SSSR count). The van der Waals surface area contributed by atoms with Gasteiger partial charge in [0.25, 0.3) is 5.56 Å². The monoisotopic (exact) mass is 266 g/mol. The molecule has 0 aliphatic carbocycles. The molecule has 20 heavy (non-hydrogen) atoms. The zero-order chi connectivity index (χ0) is 14.3. The van der Waals surface area contributed by atoms with E-state index in [9.17, 15) is 4.79 Å². The predicted octanol–water partition coefficient (Wildman–Crippen LogP) is 1.86. The Morgan fingerprint density at radius 3 is 2.65 bits per heavy atom. The van der Waals surface area contributed by atoms with Crippen LogP contribution >= 0.6 is 0 Å². The Kier molecular flexibility index (Phi) is 2.68. The first-order valence-corrected chi connectivity index (χ1v) is 6.21. The third kappa shape index (κ3) is 1.72. The topological polar surface area (TPSA) is 86.9 Å². The van der Waals surface area contributed by atoms with Crippen molar-refractivity contribution in [2.75, 3.05) is 11.5 Å². The van der Waals surface area contributed by atoms with Crippen LogP contribution in [0.25, 0.3) is 16.7 Å². The van der Waals surface area contributed by atoms with E-state index in [0.29, 0.717) is 11.0 Å². The summed E-state index contributed by atoms with van der Waals surface area (Å²) in [5.41, 5.74) is 14.0. The van der Waals surface area contributed by atoms with Gasteiger partial charge in [0.2, 0.25) is 0 Å². The second-order valence-electron chi connectivity index (χ2n) is 4.68. The summed E-state index contributed by atoms with van der Waals surface area (Å²) in [5.74, 6) is 0. The van der Waals surface area contributed by atoms with E-state index in [0.717, 1.165) is 11.3 Å². The summed E-state index contributed by atoms with van der Waals surface area (Å²) in [6.07, 6.45) is 1.63. The molecule has 0 amide bonds. The number of benzene rings is 1. The Morgan fingerprint density at radius 2 is 1.90 bits per heavy atom. The van der Waals surface area contributed by atoms with E-state index in [-0.39, 0.29) is 16.9 Å². The number of hydrogen-bond acceptors (Lipinski definition) is 4. The molecule has 0 spiro atoms. The van der Waals surface area contributed by atoms with Gasteiger partial charge in [-0.3, -0.25) is 9.36 Å². The minimum Gasteiger partial charge on any atom is -0.396 e. The molecule has 5 nitrogen and oxygen atoms in total.